The van der Waals surface area contributed by atoms with Crippen LogP contribution in [0.2, 0.25) is 0 Å². The van der Waals surface area contributed by atoms with E-state index in [1.54, 1.807) is 0 Å². The van der Waals surface area contributed by atoms with Gasteiger partial charge in [-0.2, -0.15) is 5.10 Å². The summed E-state index contributed by atoms with van der Waals surface area (Å²) in [7, 11) is 0. The molecule has 2 heterocycles. The molecule has 2 aromatic carbocycles. The Morgan fingerprint density at radius 3 is 2.93 bits per heavy atom. The summed E-state index contributed by atoms with van der Waals surface area (Å²) in [4.78, 5) is 17.0. The van der Waals surface area contributed by atoms with Crippen LogP contribution in [0.25, 0.3) is 11.3 Å². The molecule has 136 valence electrons. The van der Waals surface area contributed by atoms with Gasteiger partial charge in [-0.1, -0.05) is 30.3 Å². The lowest BCUT2D eigenvalue weighted by Crippen LogP contribution is -2.25. The number of fused-ring (bicyclic) bond motifs is 1. The molecule has 0 fully saturated rings. The van der Waals surface area contributed by atoms with Gasteiger partial charge in [0.25, 0.3) is 5.91 Å². The van der Waals surface area contributed by atoms with Gasteiger partial charge < -0.3 is 10.1 Å². The number of nitrogens with one attached hydrogen (secondary N) is 1. The van der Waals surface area contributed by atoms with Gasteiger partial charge in [-0.3, -0.25) is 9.79 Å². The van der Waals surface area contributed by atoms with E-state index in [0.29, 0.717) is 18.0 Å². The number of rotatable bonds is 4. The fourth-order valence-corrected chi connectivity index (χ4v) is 3.66. The summed E-state index contributed by atoms with van der Waals surface area (Å²) in [5.74, 6) is 0.521. The molecule has 0 saturated carbocycles. The first-order chi connectivity index (χ1) is 13.2. The van der Waals surface area contributed by atoms with E-state index in [2.05, 4.69) is 15.4 Å². The minimum Gasteiger partial charge on any atom is -0.482 e. The average Bonchev–Trinajstić information content (AvgIpc) is 3.09. The van der Waals surface area contributed by atoms with Gasteiger partial charge in [-0.15, -0.1) is 11.3 Å². The molecule has 6 nitrogen and oxygen atoms in total. The fourth-order valence-electron chi connectivity index (χ4n) is 2.76. The number of hydrogen-bond donors (Lipinski definition) is 1. The second kappa shape index (κ2) is 7.59. The van der Waals surface area contributed by atoms with Crippen molar-refractivity contribution < 1.29 is 9.53 Å². The summed E-state index contributed by atoms with van der Waals surface area (Å²) in [6.07, 6.45) is 1.81. The van der Waals surface area contributed by atoms with Crippen molar-refractivity contribution in [2.24, 2.45) is 10.1 Å². The van der Waals surface area contributed by atoms with Crippen LogP contribution >= 0.6 is 11.3 Å². The number of carbonyl (C=O) groups excluding carboxylic acids is 1. The standard InChI is InChI=1S/C20H18N4O2S/c1-2-21-20-24(22-11-14-6-4-3-5-7-14)17(13-27-20)15-8-9-18-16(10-15)23-19(25)12-26-18/h3-11,13H,2,12H2,1H3,(H,23,25). The highest BCUT2D eigenvalue weighted by Crippen LogP contribution is 2.32. The van der Waals surface area contributed by atoms with Gasteiger partial charge in [-0.05, 0) is 30.7 Å². The molecule has 1 aliphatic rings. The summed E-state index contributed by atoms with van der Waals surface area (Å²) in [5.41, 5.74) is 3.51. The van der Waals surface area contributed by atoms with Gasteiger partial charge in [-0.25, -0.2) is 4.68 Å². The number of amides is 1. The topological polar surface area (TPSA) is 68.0 Å². The van der Waals surface area contributed by atoms with Crippen LogP contribution in [-0.2, 0) is 4.79 Å². The fraction of sp³-hybridized carbons (Fsp3) is 0.150. The quantitative estimate of drug-likeness (QED) is 0.708. The summed E-state index contributed by atoms with van der Waals surface area (Å²) in [5, 5.41) is 9.51. The van der Waals surface area contributed by atoms with Crippen LogP contribution in [0.3, 0.4) is 0 Å². The predicted molar refractivity (Wildman–Crippen MR) is 107 cm³/mol. The molecule has 1 amide bonds. The SMILES string of the molecule is CCN=c1scc(-c2ccc3c(c2)NC(=O)CO3)n1N=Cc1ccccc1. The van der Waals surface area contributed by atoms with Crippen LogP contribution in [-0.4, -0.2) is 29.9 Å². The summed E-state index contributed by atoms with van der Waals surface area (Å²) in [6.45, 7) is 2.72. The summed E-state index contributed by atoms with van der Waals surface area (Å²) >= 11 is 1.53. The Morgan fingerprint density at radius 2 is 2.11 bits per heavy atom. The van der Waals surface area contributed by atoms with Crippen LogP contribution in [0.15, 0.2) is 64.0 Å². The predicted octanol–water partition coefficient (Wildman–Crippen LogP) is 3.35. The molecule has 27 heavy (non-hydrogen) atoms. The maximum Gasteiger partial charge on any atom is 0.262 e. The number of ether oxygens (including phenoxy) is 1. The molecule has 1 aromatic heterocycles. The number of hydrogen-bond acceptors (Lipinski definition) is 5. The van der Waals surface area contributed by atoms with Crippen molar-refractivity contribution in [1.82, 2.24) is 4.68 Å². The maximum absolute atomic E-state index is 11.6. The van der Waals surface area contributed by atoms with E-state index < -0.39 is 0 Å². The second-order valence-corrected chi connectivity index (χ2v) is 6.73. The third-order valence-electron chi connectivity index (χ3n) is 4.01. The van der Waals surface area contributed by atoms with Crippen LogP contribution in [0.1, 0.15) is 12.5 Å². The van der Waals surface area contributed by atoms with E-state index in [1.165, 1.54) is 11.3 Å². The van der Waals surface area contributed by atoms with Crippen molar-refractivity contribution in [2.45, 2.75) is 6.92 Å². The van der Waals surface area contributed by atoms with Gasteiger partial charge in [0.1, 0.15) is 5.75 Å². The van der Waals surface area contributed by atoms with Gasteiger partial charge in [0.05, 0.1) is 17.6 Å². The van der Waals surface area contributed by atoms with Crippen LogP contribution in [0, 0.1) is 0 Å². The lowest BCUT2D eigenvalue weighted by atomic mass is 10.1. The molecule has 0 aliphatic carbocycles. The molecule has 0 bridgehead atoms. The third-order valence-corrected chi connectivity index (χ3v) is 4.86. The van der Waals surface area contributed by atoms with E-state index in [-0.39, 0.29) is 12.5 Å². The zero-order valence-electron chi connectivity index (χ0n) is 14.8. The Kier molecular flexibility index (Phi) is 4.84. The van der Waals surface area contributed by atoms with Crippen molar-refractivity contribution in [3.05, 3.63) is 64.3 Å². The van der Waals surface area contributed by atoms with Gasteiger partial charge in [0.2, 0.25) is 4.80 Å². The zero-order valence-corrected chi connectivity index (χ0v) is 15.6. The van der Waals surface area contributed by atoms with E-state index >= 15 is 0 Å². The maximum atomic E-state index is 11.6. The Hall–Kier alpha value is -3.19. The van der Waals surface area contributed by atoms with Crippen molar-refractivity contribution in [3.63, 3.8) is 0 Å². The lowest BCUT2D eigenvalue weighted by molar-refractivity contribution is -0.118. The zero-order chi connectivity index (χ0) is 18.6. The number of anilines is 1. The Bertz CT molecular complexity index is 1070. The van der Waals surface area contributed by atoms with Crippen molar-refractivity contribution in [3.8, 4) is 17.0 Å². The largest absolute Gasteiger partial charge is 0.482 e. The van der Waals surface area contributed by atoms with E-state index in [9.17, 15) is 4.79 Å². The van der Waals surface area contributed by atoms with Crippen LogP contribution in [0.4, 0.5) is 5.69 Å². The first-order valence-corrected chi connectivity index (χ1v) is 9.50. The Balaban J connectivity index is 1.77. The average molecular weight is 378 g/mol. The van der Waals surface area contributed by atoms with Crippen molar-refractivity contribution in [2.75, 3.05) is 18.5 Å². The highest BCUT2D eigenvalue weighted by molar-refractivity contribution is 7.07. The number of carbonyl (C=O) groups is 1. The number of nitrogens with zero attached hydrogens (tertiary/aromatic N) is 3. The molecular formula is C20H18N4O2S. The van der Waals surface area contributed by atoms with E-state index in [0.717, 1.165) is 21.6 Å². The molecule has 0 unspecified atom stereocenters. The monoisotopic (exact) mass is 378 g/mol. The smallest absolute Gasteiger partial charge is 0.262 e. The molecule has 3 aromatic rings. The first-order valence-electron chi connectivity index (χ1n) is 8.62. The van der Waals surface area contributed by atoms with E-state index in [1.807, 2.05) is 71.7 Å². The van der Waals surface area contributed by atoms with Crippen molar-refractivity contribution in [1.29, 1.82) is 0 Å². The summed E-state index contributed by atoms with van der Waals surface area (Å²) < 4.78 is 7.27. The molecule has 7 heteroatoms. The highest BCUT2D eigenvalue weighted by Gasteiger charge is 2.17. The van der Waals surface area contributed by atoms with E-state index in [4.69, 9.17) is 4.74 Å². The highest BCUT2D eigenvalue weighted by atomic mass is 32.1. The molecular weight excluding hydrogens is 360 g/mol. The molecule has 4 rings (SSSR count). The van der Waals surface area contributed by atoms with Crippen LogP contribution < -0.4 is 14.9 Å². The molecule has 0 saturated heterocycles. The summed E-state index contributed by atoms with van der Waals surface area (Å²) in [6, 6.07) is 15.7. The third kappa shape index (κ3) is 3.68. The molecule has 1 aliphatic heterocycles. The number of benzene rings is 2. The molecule has 1 N–H and O–H groups in total. The lowest BCUT2D eigenvalue weighted by Gasteiger charge is -2.18. The van der Waals surface area contributed by atoms with Gasteiger partial charge in [0.15, 0.2) is 6.61 Å². The molecule has 0 spiro atoms. The molecule has 0 atom stereocenters. The Labute approximate surface area is 160 Å². The van der Waals surface area contributed by atoms with Crippen molar-refractivity contribution >= 4 is 29.1 Å². The number of thiazole rings is 1. The molecule has 0 radical (unpaired) electrons. The number of aromatic nitrogens is 1. The van der Waals surface area contributed by atoms with Gasteiger partial charge >= 0.3 is 0 Å². The Morgan fingerprint density at radius 1 is 1.26 bits per heavy atom. The minimum atomic E-state index is -0.151. The van der Waals surface area contributed by atoms with Crippen LogP contribution in [0.5, 0.6) is 5.75 Å². The normalized spacial score (nSPS) is 14.1. The first kappa shape index (κ1) is 17.2. The van der Waals surface area contributed by atoms with Gasteiger partial charge in [0, 0.05) is 17.5 Å². The second-order valence-electron chi connectivity index (χ2n) is 5.89. The minimum absolute atomic E-state index is 0.0473.